The number of benzene rings is 1. The molecule has 1 amide bonds. The van der Waals surface area contributed by atoms with Crippen molar-refractivity contribution in [2.24, 2.45) is 5.73 Å². The van der Waals surface area contributed by atoms with Crippen molar-refractivity contribution in [2.75, 3.05) is 20.8 Å². The molecule has 8 heteroatoms. The Labute approximate surface area is 151 Å². The summed E-state index contributed by atoms with van der Waals surface area (Å²) < 4.78 is 10.5. The molecule has 0 bridgehead atoms. The molecule has 3 N–H and O–H groups in total. The zero-order chi connectivity index (χ0) is 16.7. The van der Waals surface area contributed by atoms with Crippen molar-refractivity contribution in [3.05, 3.63) is 39.8 Å². The first-order valence-electron chi connectivity index (χ1n) is 7.31. The molecular weight excluding hydrogens is 350 g/mol. The summed E-state index contributed by atoms with van der Waals surface area (Å²) in [5, 5.41) is 5.36. The van der Waals surface area contributed by atoms with Crippen LogP contribution in [0.3, 0.4) is 0 Å². The fourth-order valence-electron chi connectivity index (χ4n) is 2.13. The molecule has 1 aromatic carbocycles. The van der Waals surface area contributed by atoms with E-state index in [1.54, 1.807) is 19.6 Å². The molecule has 132 valence electrons. The molecule has 0 aliphatic carbocycles. The van der Waals surface area contributed by atoms with Gasteiger partial charge < -0.3 is 20.5 Å². The highest BCUT2D eigenvalue weighted by Gasteiger charge is 2.09. The summed E-state index contributed by atoms with van der Waals surface area (Å²) in [6, 6.07) is 5.84. The van der Waals surface area contributed by atoms with Crippen molar-refractivity contribution in [1.29, 1.82) is 0 Å². The molecule has 2 rings (SSSR count). The van der Waals surface area contributed by atoms with Gasteiger partial charge in [-0.15, -0.1) is 23.7 Å². The Morgan fingerprint density at radius 2 is 2.04 bits per heavy atom. The predicted molar refractivity (Wildman–Crippen MR) is 97.5 cm³/mol. The van der Waals surface area contributed by atoms with Gasteiger partial charge in [-0.25, -0.2) is 4.98 Å². The zero-order valence-corrected chi connectivity index (χ0v) is 15.3. The van der Waals surface area contributed by atoms with E-state index >= 15 is 0 Å². The number of hydrogen-bond donors (Lipinski definition) is 2. The fourth-order valence-corrected chi connectivity index (χ4v) is 2.78. The van der Waals surface area contributed by atoms with E-state index in [1.165, 1.54) is 11.3 Å². The van der Waals surface area contributed by atoms with Crippen LogP contribution in [0.25, 0.3) is 0 Å². The minimum atomic E-state index is -0.159. The number of aryl methyl sites for hydroxylation is 1. The Balaban J connectivity index is 0.00000288. The van der Waals surface area contributed by atoms with E-state index in [9.17, 15) is 4.79 Å². The molecule has 0 saturated heterocycles. The van der Waals surface area contributed by atoms with E-state index in [4.69, 9.17) is 15.2 Å². The number of methoxy groups -OCH3 is 2. The summed E-state index contributed by atoms with van der Waals surface area (Å²) in [5.74, 6) is 1.27. The molecule has 24 heavy (non-hydrogen) atoms. The molecule has 6 nitrogen and oxygen atoms in total. The lowest BCUT2D eigenvalue weighted by atomic mass is 10.1. The van der Waals surface area contributed by atoms with Gasteiger partial charge in [-0.1, -0.05) is 6.07 Å². The highest BCUT2D eigenvalue weighted by atomic mass is 35.5. The molecule has 0 aliphatic heterocycles. The molecule has 1 heterocycles. The first kappa shape index (κ1) is 20.2. The Hall–Kier alpha value is -1.83. The van der Waals surface area contributed by atoms with Gasteiger partial charge in [-0.05, 0) is 30.5 Å². The van der Waals surface area contributed by atoms with Crippen LogP contribution >= 0.6 is 23.7 Å². The SMILES string of the molecule is COc1ccc(CCCNC(=O)c2csc(CN)n2)cc1OC.Cl. The monoisotopic (exact) mass is 371 g/mol. The largest absolute Gasteiger partial charge is 0.493 e. The van der Waals surface area contributed by atoms with Crippen molar-refractivity contribution < 1.29 is 14.3 Å². The summed E-state index contributed by atoms with van der Waals surface area (Å²) in [4.78, 5) is 16.1. The third kappa shape index (κ3) is 5.36. The standard InChI is InChI=1S/C16H21N3O3S.ClH/c1-21-13-6-5-11(8-14(13)22-2)4-3-7-18-16(20)12-10-23-15(9-17)19-12;/h5-6,8,10H,3-4,7,9,17H2,1-2H3,(H,18,20);1H. The molecule has 0 unspecified atom stereocenters. The molecule has 0 spiro atoms. The minimum Gasteiger partial charge on any atom is -0.493 e. The van der Waals surface area contributed by atoms with E-state index in [0.717, 1.165) is 23.4 Å². The summed E-state index contributed by atoms with van der Waals surface area (Å²) in [6.07, 6.45) is 1.67. The first-order chi connectivity index (χ1) is 11.2. The number of nitrogens with one attached hydrogen (secondary N) is 1. The lowest BCUT2D eigenvalue weighted by Crippen LogP contribution is -2.25. The van der Waals surface area contributed by atoms with Crippen LogP contribution in [0, 0.1) is 0 Å². The van der Waals surface area contributed by atoms with E-state index < -0.39 is 0 Å². The second-order valence-corrected chi connectivity index (χ2v) is 5.82. The van der Waals surface area contributed by atoms with Gasteiger partial charge >= 0.3 is 0 Å². The topological polar surface area (TPSA) is 86.5 Å². The third-order valence-electron chi connectivity index (χ3n) is 3.33. The maximum atomic E-state index is 11.9. The van der Waals surface area contributed by atoms with Gasteiger partial charge in [0.1, 0.15) is 10.7 Å². The van der Waals surface area contributed by atoms with Gasteiger partial charge in [0.15, 0.2) is 11.5 Å². The van der Waals surface area contributed by atoms with Crippen LogP contribution < -0.4 is 20.5 Å². The molecule has 1 aromatic heterocycles. The lowest BCUT2D eigenvalue weighted by molar-refractivity contribution is 0.0949. The van der Waals surface area contributed by atoms with Gasteiger partial charge in [0.25, 0.3) is 5.91 Å². The number of carbonyl (C=O) groups excluding carboxylic acids is 1. The predicted octanol–water partition coefficient (Wildman–Crippen LogP) is 2.40. The number of nitrogens with zero attached hydrogens (tertiary/aromatic N) is 1. The van der Waals surface area contributed by atoms with Gasteiger partial charge in [-0.3, -0.25) is 4.79 Å². The van der Waals surface area contributed by atoms with Gasteiger partial charge in [-0.2, -0.15) is 0 Å². The van der Waals surface area contributed by atoms with Gasteiger partial charge in [0, 0.05) is 18.5 Å². The highest BCUT2D eigenvalue weighted by Crippen LogP contribution is 2.27. The quantitative estimate of drug-likeness (QED) is 0.696. The van der Waals surface area contributed by atoms with Crippen LogP contribution in [0.2, 0.25) is 0 Å². The number of hydrogen-bond acceptors (Lipinski definition) is 6. The van der Waals surface area contributed by atoms with E-state index in [2.05, 4.69) is 10.3 Å². The molecule has 0 fully saturated rings. The van der Waals surface area contributed by atoms with Gasteiger partial charge in [0.2, 0.25) is 0 Å². The second-order valence-electron chi connectivity index (χ2n) is 4.88. The molecule has 0 saturated carbocycles. The summed E-state index contributed by atoms with van der Waals surface area (Å²) in [6.45, 7) is 0.944. The number of amides is 1. The normalized spacial score (nSPS) is 9.96. The lowest BCUT2D eigenvalue weighted by Gasteiger charge is -2.09. The molecular formula is C16H22ClN3O3S. The van der Waals surface area contributed by atoms with Crippen molar-refractivity contribution >= 4 is 29.7 Å². The van der Waals surface area contributed by atoms with Crippen molar-refractivity contribution in [1.82, 2.24) is 10.3 Å². The third-order valence-corrected chi connectivity index (χ3v) is 4.21. The zero-order valence-electron chi connectivity index (χ0n) is 13.7. The number of ether oxygens (including phenoxy) is 2. The Kier molecular flexibility index (Phi) is 8.53. The molecule has 2 aromatic rings. The maximum Gasteiger partial charge on any atom is 0.270 e. The van der Waals surface area contributed by atoms with Gasteiger partial charge in [0.05, 0.1) is 14.2 Å². The van der Waals surface area contributed by atoms with E-state index in [-0.39, 0.29) is 18.3 Å². The molecule has 0 radical (unpaired) electrons. The average Bonchev–Trinajstić information content (AvgIpc) is 3.07. The fraction of sp³-hybridized carbons (Fsp3) is 0.375. The summed E-state index contributed by atoms with van der Waals surface area (Å²) >= 11 is 1.40. The van der Waals surface area contributed by atoms with Crippen molar-refractivity contribution in [3.8, 4) is 11.5 Å². The number of halogens is 1. The number of carbonyl (C=O) groups is 1. The van der Waals surface area contributed by atoms with Crippen LogP contribution in [0.15, 0.2) is 23.6 Å². The van der Waals surface area contributed by atoms with E-state index in [1.807, 2.05) is 18.2 Å². The van der Waals surface area contributed by atoms with Crippen LogP contribution in [-0.4, -0.2) is 31.7 Å². The van der Waals surface area contributed by atoms with Crippen molar-refractivity contribution in [3.63, 3.8) is 0 Å². The summed E-state index contributed by atoms with van der Waals surface area (Å²) in [7, 11) is 3.23. The second kappa shape index (κ2) is 10.1. The minimum absolute atomic E-state index is 0. The van der Waals surface area contributed by atoms with Crippen LogP contribution in [0.4, 0.5) is 0 Å². The first-order valence-corrected chi connectivity index (χ1v) is 8.19. The van der Waals surface area contributed by atoms with Crippen LogP contribution in [0.5, 0.6) is 11.5 Å². The number of rotatable bonds is 8. The average molecular weight is 372 g/mol. The smallest absolute Gasteiger partial charge is 0.270 e. The van der Waals surface area contributed by atoms with E-state index in [0.29, 0.717) is 30.3 Å². The molecule has 0 aliphatic rings. The Morgan fingerprint density at radius 1 is 1.29 bits per heavy atom. The molecule has 0 atom stereocenters. The van der Waals surface area contributed by atoms with Crippen molar-refractivity contribution in [2.45, 2.75) is 19.4 Å². The Bertz CT molecular complexity index is 664. The number of aromatic nitrogens is 1. The van der Waals surface area contributed by atoms with Crippen LogP contribution in [0.1, 0.15) is 27.5 Å². The number of nitrogens with two attached hydrogens (primary N) is 1. The Morgan fingerprint density at radius 3 is 2.67 bits per heavy atom. The maximum absolute atomic E-state index is 11.9. The van der Waals surface area contributed by atoms with Crippen LogP contribution in [-0.2, 0) is 13.0 Å². The summed E-state index contributed by atoms with van der Waals surface area (Å²) in [5.41, 5.74) is 7.06. The highest BCUT2D eigenvalue weighted by molar-refractivity contribution is 7.09. The number of thiazole rings is 1.